The van der Waals surface area contributed by atoms with Crippen LogP contribution in [0.1, 0.15) is 37.5 Å². The molecule has 0 amide bonds. The van der Waals surface area contributed by atoms with Crippen molar-refractivity contribution in [1.82, 2.24) is 4.90 Å². The summed E-state index contributed by atoms with van der Waals surface area (Å²) < 4.78 is 0. The second kappa shape index (κ2) is 7.68. The Balaban J connectivity index is 2.91. The maximum atomic E-state index is 5.20. The van der Waals surface area contributed by atoms with E-state index in [1.807, 2.05) is 32.1 Å². The number of hydrogen-bond donors (Lipinski definition) is 0. The van der Waals surface area contributed by atoms with E-state index in [2.05, 4.69) is 43.1 Å². The van der Waals surface area contributed by atoms with Crippen LogP contribution in [0.25, 0.3) is 0 Å². The van der Waals surface area contributed by atoms with Crippen molar-refractivity contribution in [3.05, 3.63) is 28.8 Å². The normalized spacial score (nSPS) is 11.8. The largest absolute Gasteiger partial charge is 0.393 e. The third-order valence-electron chi connectivity index (χ3n) is 2.94. The topological polar surface area (TPSA) is 37.2 Å². The Hall–Kier alpha value is -1.84. The number of rotatable bonds is 6. The number of aryl methyl sites for hydroxylation is 2. The van der Waals surface area contributed by atoms with Gasteiger partial charge in [-0.1, -0.05) is 5.16 Å². The van der Waals surface area contributed by atoms with Crippen LogP contribution in [0.4, 0.5) is 5.69 Å². The van der Waals surface area contributed by atoms with E-state index in [4.69, 9.17) is 4.84 Å². The second-order valence-electron chi connectivity index (χ2n) is 5.20. The molecule has 110 valence electrons. The van der Waals surface area contributed by atoms with Crippen molar-refractivity contribution >= 4 is 18.2 Å². The molecule has 0 N–H and O–H groups in total. The molecule has 1 aromatic carbocycles. The highest BCUT2D eigenvalue weighted by Crippen LogP contribution is 2.22. The quantitative estimate of drug-likeness (QED) is 0.451. The van der Waals surface area contributed by atoms with Crippen molar-refractivity contribution in [2.75, 3.05) is 13.6 Å². The summed E-state index contributed by atoms with van der Waals surface area (Å²) in [5.41, 5.74) is 4.32. The van der Waals surface area contributed by atoms with Crippen LogP contribution < -0.4 is 0 Å². The fourth-order valence-electron chi connectivity index (χ4n) is 1.55. The maximum absolute atomic E-state index is 5.20. The van der Waals surface area contributed by atoms with Crippen molar-refractivity contribution in [3.63, 3.8) is 0 Å². The molecule has 0 saturated carbocycles. The predicted octanol–water partition coefficient (Wildman–Crippen LogP) is 3.67. The Morgan fingerprint density at radius 1 is 1.25 bits per heavy atom. The highest BCUT2D eigenvalue weighted by Gasteiger charge is 2.02. The molecule has 0 fully saturated rings. The Morgan fingerprint density at radius 3 is 2.55 bits per heavy atom. The fourth-order valence-corrected chi connectivity index (χ4v) is 1.55. The summed E-state index contributed by atoms with van der Waals surface area (Å²) in [5.74, 6) is 0. The molecule has 4 heteroatoms. The van der Waals surface area contributed by atoms with Gasteiger partial charge in [-0.15, -0.1) is 0 Å². The van der Waals surface area contributed by atoms with E-state index in [0.29, 0.717) is 0 Å². The molecular weight excluding hydrogens is 250 g/mol. The molecule has 0 radical (unpaired) electrons. The lowest BCUT2D eigenvalue weighted by Gasteiger charge is -2.10. The van der Waals surface area contributed by atoms with E-state index in [9.17, 15) is 0 Å². The van der Waals surface area contributed by atoms with Crippen molar-refractivity contribution in [2.24, 2.45) is 10.1 Å². The number of oxime groups is 1. The van der Waals surface area contributed by atoms with Crippen LogP contribution in [0.2, 0.25) is 0 Å². The summed E-state index contributed by atoms with van der Waals surface area (Å²) >= 11 is 0. The van der Waals surface area contributed by atoms with Gasteiger partial charge in [-0.25, -0.2) is 4.99 Å². The van der Waals surface area contributed by atoms with Crippen molar-refractivity contribution < 1.29 is 4.84 Å². The fraction of sp³-hybridized carbons (Fsp3) is 0.500. The van der Waals surface area contributed by atoms with Crippen LogP contribution in [-0.4, -0.2) is 37.1 Å². The predicted molar refractivity (Wildman–Crippen MR) is 86.2 cm³/mol. The van der Waals surface area contributed by atoms with Gasteiger partial charge >= 0.3 is 0 Å². The van der Waals surface area contributed by atoms with Gasteiger partial charge in [-0.3, -0.25) is 0 Å². The highest BCUT2D eigenvalue weighted by atomic mass is 16.6. The van der Waals surface area contributed by atoms with Crippen LogP contribution in [0.5, 0.6) is 0 Å². The number of hydrogen-bond acceptors (Lipinski definition) is 3. The maximum Gasteiger partial charge on any atom is 0.122 e. The summed E-state index contributed by atoms with van der Waals surface area (Å²) in [4.78, 5) is 11.8. The Morgan fingerprint density at radius 2 is 1.95 bits per heavy atom. The lowest BCUT2D eigenvalue weighted by molar-refractivity contribution is 0.0873. The van der Waals surface area contributed by atoms with Crippen LogP contribution in [0.3, 0.4) is 0 Å². The van der Waals surface area contributed by atoms with Crippen molar-refractivity contribution in [1.29, 1.82) is 0 Å². The van der Waals surface area contributed by atoms with Gasteiger partial charge in [0.1, 0.15) is 6.10 Å². The molecular formula is C16H25N3O. The molecule has 1 aromatic rings. The van der Waals surface area contributed by atoms with Crippen LogP contribution >= 0.6 is 0 Å². The van der Waals surface area contributed by atoms with Gasteiger partial charge in [0.15, 0.2) is 0 Å². The van der Waals surface area contributed by atoms with Gasteiger partial charge in [0, 0.05) is 13.6 Å². The van der Waals surface area contributed by atoms with E-state index in [0.717, 1.165) is 28.9 Å². The number of aliphatic imine (C=N–C) groups is 1. The van der Waals surface area contributed by atoms with E-state index in [1.165, 1.54) is 0 Å². The Bertz CT molecular complexity index is 493. The van der Waals surface area contributed by atoms with Crippen LogP contribution in [0, 0.1) is 13.8 Å². The average molecular weight is 275 g/mol. The monoisotopic (exact) mass is 275 g/mol. The van der Waals surface area contributed by atoms with E-state index in [1.54, 1.807) is 6.21 Å². The van der Waals surface area contributed by atoms with Crippen LogP contribution in [-0.2, 0) is 4.84 Å². The minimum Gasteiger partial charge on any atom is -0.393 e. The molecule has 0 unspecified atom stereocenters. The zero-order valence-corrected chi connectivity index (χ0v) is 13.3. The Labute approximate surface area is 122 Å². The first kappa shape index (κ1) is 16.2. The molecule has 0 aliphatic heterocycles. The standard InChI is InChI=1S/C16H25N3O/c1-7-19(6)11-17-16-9-13(4)15(8-14(16)5)10-18-20-12(2)3/h8-12H,7H2,1-6H3. The number of nitrogens with zero attached hydrogens (tertiary/aromatic N) is 3. The molecule has 0 spiro atoms. The van der Waals surface area contributed by atoms with E-state index in [-0.39, 0.29) is 6.10 Å². The third kappa shape index (κ3) is 5.03. The summed E-state index contributed by atoms with van der Waals surface area (Å²) in [6.07, 6.45) is 3.71. The van der Waals surface area contributed by atoms with Gasteiger partial charge in [-0.2, -0.15) is 0 Å². The molecule has 0 heterocycles. The first-order chi connectivity index (χ1) is 9.43. The average Bonchev–Trinajstić information content (AvgIpc) is 2.39. The highest BCUT2D eigenvalue weighted by molar-refractivity contribution is 5.83. The first-order valence-corrected chi connectivity index (χ1v) is 6.99. The molecule has 0 aromatic heterocycles. The lowest BCUT2D eigenvalue weighted by Crippen LogP contribution is -2.14. The van der Waals surface area contributed by atoms with Gasteiger partial charge in [0.05, 0.1) is 18.2 Å². The summed E-state index contributed by atoms with van der Waals surface area (Å²) in [6, 6.07) is 4.16. The van der Waals surface area contributed by atoms with Gasteiger partial charge in [0.2, 0.25) is 0 Å². The summed E-state index contributed by atoms with van der Waals surface area (Å²) in [6.45, 7) is 11.1. The second-order valence-corrected chi connectivity index (χ2v) is 5.20. The number of benzene rings is 1. The van der Waals surface area contributed by atoms with Gasteiger partial charge in [-0.05, 0) is 63.4 Å². The zero-order chi connectivity index (χ0) is 15.1. The van der Waals surface area contributed by atoms with Crippen LogP contribution in [0.15, 0.2) is 22.3 Å². The SMILES string of the molecule is CCN(C)C=Nc1cc(C)c(C=NOC(C)C)cc1C. The smallest absolute Gasteiger partial charge is 0.122 e. The van der Waals surface area contributed by atoms with Gasteiger partial charge in [0.25, 0.3) is 0 Å². The summed E-state index contributed by atoms with van der Waals surface area (Å²) in [7, 11) is 2.01. The Kier molecular flexibility index (Phi) is 6.22. The molecule has 20 heavy (non-hydrogen) atoms. The van der Waals surface area contributed by atoms with E-state index >= 15 is 0 Å². The van der Waals surface area contributed by atoms with E-state index < -0.39 is 0 Å². The molecule has 1 rings (SSSR count). The van der Waals surface area contributed by atoms with Crippen molar-refractivity contribution in [3.8, 4) is 0 Å². The third-order valence-corrected chi connectivity index (χ3v) is 2.94. The minimum absolute atomic E-state index is 0.0982. The minimum atomic E-state index is 0.0982. The zero-order valence-electron chi connectivity index (χ0n) is 13.3. The summed E-state index contributed by atoms with van der Waals surface area (Å²) in [5, 5.41) is 3.99. The lowest BCUT2D eigenvalue weighted by atomic mass is 10.0. The molecule has 4 nitrogen and oxygen atoms in total. The van der Waals surface area contributed by atoms with Crippen molar-refractivity contribution in [2.45, 2.75) is 40.7 Å². The molecule has 0 atom stereocenters. The molecule has 0 saturated heterocycles. The first-order valence-electron chi connectivity index (χ1n) is 6.99. The van der Waals surface area contributed by atoms with Gasteiger partial charge < -0.3 is 9.74 Å². The molecule has 0 aliphatic rings. The molecule has 0 aliphatic carbocycles. The molecule has 0 bridgehead atoms.